The summed E-state index contributed by atoms with van der Waals surface area (Å²) in [5.74, 6) is 0.596. The van der Waals surface area contributed by atoms with Crippen LogP contribution in [-0.4, -0.2) is 4.98 Å². The second kappa shape index (κ2) is 4.43. The summed E-state index contributed by atoms with van der Waals surface area (Å²) in [5, 5.41) is 0. The van der Waals surface area contributed by atoms with E-state index in [1.807, 2.05) is 31.2 Å². The molecular weight excluding hydrogens is 236 g/mol. The minimum absolute atomic E-state index is 0.596. The predicted molar refractivity (Wildman–Crippen MR) is 78.0 cm³/mol. The Bertz CT molecular complexity index is 723. The van der Waals surface area contributed by atoms with Crippen LogP contribution in [0, 0.1) is 6.92 Å². The summed E-state index contributed by atoms with van der Waals surface area (Å²) in [6.45, 7) is 4.14. The van der Waals surface area contributed by atoms with E-state index in [0.29, 0.717) is 11.6 Å². The lowest BCUT2D eigenvalue weighted by molar-refractivity contribution is 0.619. The third-order valence-corrected chi connectivity index (χ3v) is 3.38. The summed E-state index contributed by atoms with van der Waals surface area (Å²) < 4.78 is 5.82. The van der Waals surface area contributed by atoms with E-state index in [1.54, 1.807) is 0 Å². The molecule has 0 saturated heterocycles. The van der Waals surface area contributed by atoms with Crippen LogP contribution in [-0.2, 0) is 6.42 Å². The number of nitrogen functional groups attached to an aromatic ring is 1. The maximum absolute atomic E-state index is 6.03. The number of fused-ring (bicyclic) bond motifs is 1. The maximum atomic E-state index is 6.03. The SMILES string of the molecule is CCc1ccc2oc(-c3c(C)cccc3N)nc2c1. The zero-order valence-electron chi connectivity index (χ0n) is 11.1. The molecule has 19 heavy (non-hydrogen) atoms. The van der Waals surface area contributed by atoms with Gasteiger partial charge in [-0.05, 0) is 42.7 Å². The fraction of sp³-hybridized carbons (Fsp3) is 0.188. The molecule has 0 fully saturated rings. The molecule has 0 saturated carbocycles. The minimum Gasteiger partial charge on any atom is -0.436 e. The van der Waals surface area contributed by atoms with E-state index in [1.165, 1.54) is 5.56 Å². The quantitative estimate of drug-likeness (QED) is 0.702. The third kappa shape index (κ3) is 1.97. The van der Waals surface area contributed by atoms with Crippen LogP contribution in [0.4, 0.5) is 5.69 Å². The van der Waals surface area contributed by atoms with E-state index in [0.717, 1.165) is 28.6 Å². The molecule has 3 heteroatoms. The van der Waals surface area contributed by atoms with Crippen molar-refractivity contribution in [2.75, 3.05) is 5.73 Å². The van der Waals surface area contributed by atoms with Crippen molar-refractivity contribution in [3.8, 4) is 11.5 Å². The zero-order chi connectivity index (χ0) is 13.4. The van der Waals surface area contributed by atoms with Gasteiger partial charge in [-0.3, -0.25) is 0 Å². The average Bonchev–Trinajstić information content (AvgIpc) is 2.80. The number of oxazole rings is 1. The highest BCUT2D eigenvalue weighted by molar-refractivity contribution is 5.81. The smallest absolute Gasteiger partial charge is 0.229 e. The van der Waals surface area contributed by atoms with Gasteiger partial charge in [-0.1, -0.05) is 25.1 Å². The van der Waals surface area contributed by atoms with Crippen LogP contribution in [0.25, 0.3) is 22.6 Å². The molecule has 0 bridgehead atoms. The van der Waals surface area contributed by atoms with E-state index in [-0.39, 0.29) is 0 Å². The minimum atomic E-state index is 0.596. The van der Waals surface area contributed by atoms with Gasteiger partial charge in [0.2, 0.25) is 5.89 Å². The van der Waals surface area contributed by atoms with Crippen LogP contribution < -0.4 is 5.73 Å². The van der Waals surface area contributed by atoms with Crippen molar-refractivity contribution in [1.29, 1.82) is 0 Å². The van der Waals surface area contributed by atoms with Crippen molar-refractivity contribution >= 4 is 16.8 Å². The van der Waals surface area contributed by atoms with Gasteiger partial charge >= 0.3 is 0 Å². The number of aromatic nitrogens is 1. The van der Waals surface area contributed by atoms with Crippen molar-refractivity contribution in [3.63, 3.8) is 0 Å². The lowest BCUT2D eigenvalue weighted by Crippen LogP contribution is -1.92. The molecular formula is C16H16N2O. The lowest BCUT2D eigenvalue weighted by atomic mass is 10.1. The van der Waals surface area contributed by atoms with Gasteiger partial charge in [0.15, 0.2) is 5.58 Å². The molecule has 0 unspecified atom stereocenters. The summed E-state index contributed by atoms with van der Waals surface area (Å²) in [7, 11) is 0. The molecule has 0 aliphatic heterocycles. The van der Waals surface area contributed by atoms with Crippen LogP contribution in [0.2, 0.25) is 0 Å². The molecule has 0 atom stereocenters. The second-order valence-corrected chi connectivity index (χ2v) is 4.71. The molecule has 3 nitrogen and oxygen atoms in total. The number of rotatable bonds is 2. The van der Waals surface area contributed by atoms with E-state index in [9.17, 15) is 0 Å². The summed E-state index contributed by atoms with van der Waals surface area (Å²) in [6, 6.07) is 11.9. The van der Waals surface area contributed by atoms with Crippen molar-refractivity contribution in [3.05, 3.63) is 47.5 Å². The standard InChI is InChI=1S/C16H16N2O/c1-3-11-7-8-14-13(9-11)18-16(19-14)15-10(2)5-4-6-12(15)17/h4-9H,3,17H2,1-2H3. The van der Waals surface area contributed by atoms with E-state index >= 15 is 0 Å². The summed E-state index contributed by atoms with van der Waals surface area (Å²) in [5.41, 5.74) is 11.6. The third-order valence-electron chi connectivity index (χ3n) is 3.38. The highest BCUT2D eigenvalue weighted by Crippen LogP contribution is 2.31. The highest BCUT2D eigenvalue weighted by atomic mass is 16.3. The topological polar surface area (TPSA) is 52.0 Å². The fourth-order valence-electron chi connectivity index (χ4n) is 2.28. The number of aryl methyl sites for hydroxylation is 2. The second-order valence-electron chi connectivity index (χ2n) is 4.71. The maximum Gasteiger partial charge on any atom is 0.229 e. The van der Waals surface area contributed by atoms with E-state index in [2.05, 4.69) is 24.0 Å². The molecule has 0 spiro atoms. The first kappa shape index (κ1) is 11.8. The molecule has 0 radical (unpaired) electrons. The van der Waals surface area contributed by atoms with Gasteiger partial charge in [-0.25, -0.2) is 4.98 Å². The molecule has 0 amide bonds. The van der Waals surface area contributed by atoms with Gasteiger partial charge in [0, 0.05) is 5.69 Å². The lowest BCUT2D eigenvalue weighted by Gasteiger charge is -2.04. The molecule has 2 N–H and O–H groups in total. The van der Waals surface area contributed by atoms with Gasteiger partial charge in [0.1, 0.15) is 5.52 Å². The first-order valence-electron chi connectivity index (χ1n) is 6.44. The van der Waals surface area contributed by atoms with Gasteiger partial charge in [0.25, 0.3) is 0 Å². The normalized spacial score (nSPS) is 11.1. The Morgan fingerprint density at radius 2 is 2.05 bits per heavy atom. The van der Waals surface area contributed by atoms with Crippen molar-refractivity contribution in [2.45, 2.75) is 20.3 Å². The Balaban J connectivity index is 2.21. The number of hydrogen-bond donors (Lipinski definition) is 1. The van der Waals surface area contributed by atoms with Gasteiger partial charge in [-0.15, -0.1) is 0 Å². The Kier molecular flexibility index (Phi) is 2.75. The van der Waals surface area contributed by atoms with E-state index in [4.69, 9.17) is 10.2 Å². The first-order valence-corrected chi connectivity index (χ1v) is 6.44. The number of nitrogens with zero attached hydrogens (tertiary/aromatic N) is 1. The molecule has 2 aromatic carbocycles. The molecule has 96 valence electrons. The van der Waals surface area contributed by atoms with Crippen LogP contribution in [0.15, 0.2) is 40.8 Å². The zero-order valence-corrected chi connectivity index (χ0v) is 11.1. The molecule has 0 aliphatic rings. The number of nitrogens with two attached hydrogens (primary N) is 1. The molecule has 1 aromatic heterocycles. The van der Waals surface area contributed by atoms with Gasteiger partial charge in [0.05, 0.1) is 5.56 Å². The Hall–Kier alpha value is -2.29. The fourth-order valence-corrected chi connectivity index (χ4v) is 2.28. The van der Waals surface area contributed by atoms with E-state index < -0.39 is 0 Å². The summed E-state index contributed by atoms with van der Waals surface area (Å²) in [6.07, 6.45) is 0.991. The molecule has 0 aliphatic carbocycles. The van der Waals surface area contributed by atoms with Crippen molar-refractivity contribution in [2.24, 2.45) is 0 Å². The van der Waals surface area contributed by atoms with Gasteiger partial charge < -0.3 is 10.2 Å². The van der Waals surface area contributed by atoms with Crippen LogP contribution >= 0.6 is 0 Å². The number of hydrogen-bond acceptors (Lipinski definition) is 3. The highest BCUT2D eigenvalue weighted by Gasteiger charge is 2.13. The van der Waals surface area contributed by atoms with Crippen LogP contribution in [0.5, 0.6) is 0 Å². The van der Waals surface area contributed by atoms with Crippen LogP contribution in [0.3, 0.4) is 0 Å². The Morgan fingerprint density at radius 1 is 1.21 bits per heavy atom. The van der Waals surface area contributed by atoms with Crippen molar-refractivity contribution in [1.82, 2.24) is 4.98 Å². The Labute approximate surface area is 112 Å². The largest absolute Gasteiger partial charge is 0.436 e. The summed E-state index contributed by atoms with van der Waals surface area (Å²) in [4.78, 5) is 4.57. The molecule has 3 rings (SSSR count). The summed E-state index contributed by atoms with van der Waals surface area (Å²) >= 11 is 0. The predicted octanol–water partition coefficient (Wildman–Crippen LogP) is 3.95. The molecule has 3 aromatic rings. The monoisotopic (exact) mass is 252 g/mol. The van der Waals surface area contributed by atoms with Crippen molar-refractivity contribution < 1.29 is 4.42 Å². The average molecular weight is 252 g/mol. The van der Waals surface area contributed by atoms with Gasteiger partial charge in [-0.2, -0.15) is 0 Å². The number of benzene rings is 2. The molecule has 1 heterocycles. The first-order chi connectivity index (χ1) is 9.19. The Morgan fingerprint density at radius 3 is 2.79 bits per heavy atom. The van der Waals surface area contributed by atoms with Crippen LogP contribution in [0.1, 0.15) is 18.1 Å². The number of anilines is 1.